The normalized spacial score (nSPS) is 17.2. The Morgan fingerprint density at radius 1 is 0.556 bits per heavy atom. The maximum atomic E-state index is 12.3. The molecule has 0 aliphatic heterocycles. The molecule has 0 aliphatic rings. The lowest BCUT2D eigenvalue weighted by atomic mass is 10.00. The molecule has 0 saturated carbocycles. The molecule has 0 bridgehead atoms. The summed E-state index contributed by atoms with van der Waals surface area (Å²) in [5.41, 5.74) is 0. The molecule has 0 heterocycles. The Morgan fingerprint density at radius 3 is 1.11 bits per heavy atom. The molecule has 12 heteroatoms. The number of halogens is 12. The van der Waals surface area contributed by atoms with Crippen molar-refractivity contribution < 1.29 is 52.7 Å². The summed E-state index contributed by atoms with van der Waals surface area (Å²) in [6.45, 7) is 0. The van der Waals surface area contributed by atoms with E-state index in [2.05, 4.69) is 0 Å². The molecule has 0 spiro atoms. The standard InChI is InChI=1S/C6H2F12/c7-1(2(8)9)3(10,11)4(12,13)5(14,15)6(16,17)18/h1-2H. The van der Waals surface area contributed by atoms with Crippen molar-refractivity contribution in [2.45, 2.75) is 36.5 Å². The molecule has 0 nitrogen and oxygen atoms in total. The number of hydrogen-bond acceptors (Lipinski definition) is 0. The molecule has 0 rings (SSSR count). The molecule has 0 aromatic carbocycles. The van der Waals surface area contributed by atoms with E-state index in [1.807, 2.05) is 0 Å². The summed E-state index contributed by atoms with van der Waals surface area (Å²) in [4.78, 5) is 0. The highest BCUT2D eigenvalue weighted by atomic mass is 19.4. The van der Waals surface area contributed by atoms with E-state index in [-0.39, 0.29) is 0 Å². The molecule has 18 heavy (non-hydrogen) atoms. The van der Waals surface area contributed by atoms with Gasteiger partial charge in [0.25, 0.3) is 6.43 Å². The third-order valence-electron chi connectivity index (χ3n) is 1.74. The van der Waals surface area contributed by atoms with Gasteiger partial charge in [0, 0.05) is 0 Å². The minimum absolute atomic E-state index is 4.87. The van der Waals surface area contributed by atoms with Crippen LogP contribution in [0.4, 0.5) is 52.7 Å². The van der Waals surface area contributed by atoms with Crippen molar-refractivity contribution in [3.05, 3.63) is 0 Å². The Hall–Kier alpha value is -0.840. The SMILES string of the molecule is FC(F)C(F)C(F)(F)C(F)(F)C(F)(F)C(F)(F)F. The molecule has 0 aliphatic carbocycles. The summed E-state index contributed by atoms with van der Waals surface area (Å²) < 4.78 is 143. The first-order chi connectivity index (χ1) is 7.60. The number of alkyl halides is 12. The second-order valence-corrected chi connectivity index (χ2v) is 3.01. The van der Waals surface area contributed by atoms with Crippen LogP contribution in [0.1, 0.15) is 0 Å². The summed E-state index contributed by atoms with van der Waals surface area (Å²) >= 11 is 0. The van der Waals surface area contributed by atoms with Gasteiger partial charge in [-0.25, -0.2) is 13.2 Å². The van der Waals surface area contributed by atoms with Gasteiger partial charge in [0.2, 0.25) is 6.17 Å². The molecule has 1 atom stereocenters. The second kappa shape index (κ2) is 4.37. The van der Waals surface area contributed by atoms with Crippen LogP contribution in [0.3, 0.4) is 0 Å². The predicted molar refractivity (Wildman–Crippen MR) is 31.8 cm³/mol. The van der Waals surface area contributed by atoms with E-state index < -0.39 is 36.5 Å². The fourth-order valence-electron chi connectivity index (χ4n) is 0.719. The van der Waals surface area contributed by atoms with Gasteiger partial charge < -0.3 is 0 Å². The average molecular weight is 302 g/mol. The smallest absolute Gasteiger partial charge is 0.234 e. The van der Waals surface area contributed by atoms with E-state index in [4.69, 9.17) is 0 Å². The summed E-state index contributed by atoms with van der Waals surface area (Å²) in [5.74, 6) is -21.6. The van der Waals surface area contributed by atoms with Crippen LogP contribution in [0.25, 0.3) is 0 Å². The number of hydrogen-bond donors (Lipinski definition) is 0. The van der Waals surface area contributed by atoms with Gasteiger partial charge in [-0.05, 0) is 0 Å². The molecule has 0 fully saturated rings. The van der Waals surface area contributed by atoms with Gasteiger partial charge in [-0.15, -0.1) is 0 Å². The lowest BCUT2D eigenvalue weighted by Crippen LogP contribution is -2.64. The van der Waals surface area contributed by atoms with Crippen molar-refractivity contribution in [1.82, 2.24) is 0 Å². The van der Waals surface area contributed by atoms with Crippen LogP contribution in [0.2, 0.25) is 0 Å². The van der Waals surface area contributed by atoms with E-state index in [1.54, 1.807) is 0 Å². The molecule has 0 aromatic heterocycles. The maximum Gasteiger partial charge on any atom is 0.460 e. The van der Waals surface area contributed by atoms with Gasteiger partial charge in [0.05, 0.1) is 0 Å². The Kier molecular flexibility index (Phi) is 4.16. The van der Waals surface area contributed by atoms with Gasteiger partial charge in [-0.1, -0.05) is 0 Å². The van der Waals surface area contributed by atoms with Crippen LogP contribution in [0.15, 0.2) is 0 Å². The van der Waals surface area contributed by atoms with Gasteiger partial charge in [-0.2, -0.15) is 39.5 Å². The first-order valence-electron chi connectivity index (χ1n) is 3.73. The zero-order valence-electron chi connectivity index (χ0n) is 7.69. The summed E-state index contributed by atoms with van der Waals surface area (Å²) in [7, 11) is 0. The third kappa shape index (κ3) is 2.32. The van der Waals surface area contributed by atoms with Gasteiger partial charge in [0.1, 0.15) is 0 Å². The topological polar surface area (TPSA) is 0 Å². The van der Waals surface area contributed by atoms with Crippen molar-refractivity contribution in [2.75, 3.05) is 0 Å². The van der Waals surface area contributed by atoms with Crippen molar-refractivity contribution in [3.63, 3.8) is 0 Å². The quantitative estimate of drug-likeness (QED) is 0.687. The van der Waals surface area contributed by atoms with Crippen LogP contribution in [0, 0.1) is 0 Å². The van der Waals surface area contributed by atoms with E-state index in [0.29, 0.717) is 0 Å². The molecule has 0 aromatic rings. The van der Waals surface area contributed by atoms with Gasteiger partial charge in [0.15, 0.2) is 0 Å². The molecule has 0 saturated heterocycles. The predicted octanol–water partition coefficient (Wildman–Crippen LogP) is 4.06. The first-order valence-corrected chi connectivity index (χ1v) is 3.73. The molecule has 0 N–H and O–H groups in total. The maximum absolute atomic E-state index is 12.3. The zero-order valence-corrected chi connectivity index (χ0v) is 7.69. The van der Waals surface area contributed by atoms with Crippen LogP contribution in [-0.2, 0) is 0 Å². The summed E-state index contributed by atoms with van der Waals surface area (Å²) in [6.07, 6.45) is -17.2. The van der Waals surface area contributed by atoms with E-state index in [0.717, 1.165) is 0 Å². The highest BCUT2D eigenvalue weighted by Gasteiger charge is 2.84. The van der Waals surface area contributed by atoms with Crippen molar-refractivity contribution in [1.29, 1.82) is 0 Å². The summed E-state index contributed by atoms with van der Waals surface area (Å²) in [5, 5.41) is 0. The fourth-order valence-corrected chi connectivity index (χ4v) is 0.719. The highest BCUT2D eigenvalue weighted by molar-refractivity contribution is 5.03. The minimum Gasteiger partial charge on any atom is -0.234 e. The average Bonchev–Trinajstić information content (AvgIpc) is 2.13. The summed E-state index contributed by atoms with van der Waals surface area (Å²) in [6, 6.07) is 0. The van der Waals surface area contributed by atoms with Crippen molar-refractivity contribution >= 4 is 0 Å². The molecular weight excluding hydrogens is 300 g/mol. The molecular formula is C6H2F12. The first kappa shape index (κ1) is 17.2. The fraction of sp³-hybridized carbons (Fsp3) is 1.00. The molecule has 110 valence electrons. The lowest BCUT2D eigenvalue weighted by Gasteiger charge is -2.34. The van der Waals surface area contributed by atoms with Crippen LogP contribution >= 0.6 is 0 Å². The second-order valence-electron chi connectivity index (χ2n) is 3.01. The van der Waals surface area contributed by atoms with E-state index in [9.17, 15) is 52.7 Å². The Bertz CT molecular complexity index is 287. The molecule has 0 radical (unpaired) electrons. The van der Waals surface area contributed by atoms with Gasteiger partial charge >= 0.3 is 23.9 Å². The third-order valence-corrected chi connectivity index (χ3v) is 1.74. The minimum atomic E-state index is -7.37. The van der Waals surface area contributed by atoms with Crippen molar-refractivity contribution in [2.24, 2.45) is 0 Å². The largest absolute Gasteiger partial charge is 0.460 e. The monoisotopic (exact) mass is 302 g/mol. The van der Waals surface area contributed by atoms with Gasteiger partial charge in [-0.3, -0.25) is 0 Å². The Labute approximate surface area is 90.6 Å². The Morgan fingerprint density at radius 2 is 0.889 bits per heavy atom. The van der Waals surface area contributed by atoms with Crippen LogP contribution in [-0.4, -0.2) is 36.5 Å². The van der Waals surface area contributed by atoms with Crippen LogP contribution < -0.4 is 0 Å². The van der Waals surface area contributed by atoms with Crippen molar-refractivity contribution in [3.8, 4) is 0 Å². The van der Waals surface area contributed by atoms with E-state index in [1.165, 1.54) is 0 Å². The molecule has 1 unspecified atom stereocenters. The Balaban J connectivity index is 5.64. The highest BCUT2D eigenvalue weighted by Crippen LogP contribution is 2.54. The lowest BCUT2D eigenvalue weighted by molar-refractivity contribution is -0.406. The van der Waals surface area contributed by atoms with E-state index >= 15 is 0 Å². The zero-order chi connectivity index (χ0) is 15.2. The number of rotatable bonds is 4. The molecule has 0 amide bonds. The van der Waals surface area contributed by atoms with Crippen LogP contribution in [0.5, 0.6) is 0 Å².